The highest BCUT2D eigenvalue weighted by atomic mass is 19.1. The Kier molecular flexibility index (Phi) is 6.52. The molecule has 0 unspecified atom stereocenters. The Balaban J connectivity index is 2.92. The lowest BCUT2D eigenvalue weighted by atomic mass is 9.97. The SMILES string of the molecule is CCOC(=O)C(C(=O)Cc1ccccc1F)C(=O)OCC. The Labute approximate surface area is 122 Å². The first-order valence-corrected chi connectivity index (χ1v) is 6.60. The van der Waals surface area contributed by atoms with Crippen LogP contribution in [0.4, 0.5) is 4.39 Å². The fraction of sp³-hybridized carbons (Fsp3) is 0.400. The van der Waals surface area contributed by atoms with Gasteiger partial charge in [-0.3, -0.25) is 14.4 Å². The lowest BCUT2D eigenvalue weighted by Crippen LogP contribution is -2.36. The fourth-order valence-corrected chi connectivity index (χ4v) is 1.74. The molecule has 0 atom stereocenters. The van der Waals surface area contributed by atoms with E-state index in [1.165, 1.54) is 18.2 Å². The minimum atomic E-state index is -1.68. The highest BCUT2D eigenvalue weighted by Gasteiger charge is 2.36. The molecule has 0 heterocycles. The Morgan fingerprint density at radius 2 is 1.57 bits per heavy atom. The van der Waals surface area contributed by atoms with Gasteiger partial charge >= 0.3 is 11.9 Å². The van der Waals surface area contributed by atoms with E-state index in [-0.39, 0.29) is 25.2 Å². The van der Waals surface area contributed by atoms with Crippen LogP contribution in [-0.2, 0) is 30.3 Å². The maximum atomic E-state index is 13.5. The van der Waals surface area contributed by atoms with Crippen LogP contribution >= 0.6 is 0 Å². The number of hydrogen-bond acceptors (Lipinski definition) is 5. The predicted molar refractivity (Wildman–Crippen MR) is 71.9 cm³/mol. The molecule has 1 aromatic rings. The largest absolute Gasteiger partial charge is 0.465 e. The van der Waals surface area contributed by atoms with Crippen molar-refractivity contribution in [3.63, 3.8) is 0 Å². The predicted octanol–water partition coefficient (Wildman–Crippen LogP) is 1.68. The van der Waals surface area contributed by atoms with Crippen molar-refractivity contribution in [2.75, 3.05) is 13.2 Å². The maximum Gasteiger partial charge on any atom is 0.328 e. The van der Waals surface area contributed by atoms with Gasteiger partial charge in [-0.25, -0.2) is 4.39 Å². The third kappa shape index (κ3) is 4.66. The normalized spacial score (nSPS) is 10.3. The number of ketones is 1. The average molecular weight is 296 g/mol. The monoisotopic (exact) mass is 296 g/mol. The highest BCUT2D eigenvalue weighted by Crippen LogP contribution is 2.13. The van der Waals surface area contributed by atoms with Gasteiger partial charge in [0, 0.05) is 6.42 Å². The summed E-state index contributed by atoms with van der Waals surface area (Å²) in [5.74, 6) is -4.95. The van der Waals surface area contributed by atoms with E-state index < -0.39 is 29.5 Å². The van der Waals surface area contributed by atoms with Crippen molar-refractivity contribution in [3.05, 3.63) is 35.6 Å². The highest BCUT2D eigenvalue weighted by molar-refractivity contribution is 6.15. The summed E-state index contributed by atoms with van der Waals surface area (Å²) in [7, 11) is 0. The number of halogens is 1. The Morgan fingerprint density at radius 3 is 2.05 bits per heavy atom. The molecule has 0 amide bonds. The lowest BCUT2D eigenvalue weighted by molar-refractivity contribution is -0.163. The summed E-state index contributed by atoms with van der Waals surface area (Å²) in [5, 5.41) is 0. The first-order chi connectivity index (χ1) is 10.0. The second-order valence-corrected chi connectivity index (χ2v) is 4.17. The van der Waals surface area contributed by atoms with Gasteiger partial charge in [0.05, 0.1) is 13.2 Å². The first-order valence-electron chi connectivity index (χ1n) is 6.60. The van der Waals surface area contributed by atoms with Gasteiger partial charge in [-0.1, -0.05) is 18.2 Å². The van der Waals surface area contributed by atoms with Crippen molar-refractivity contribution in [2.24, 2.45) is 5.92 Å². The number of hydrogen-bond donors (Lipinski definition) is 0. The summed E-state index contributed by atoms with van der Waals surface area (Å²) < 4.78 is 22.9. The van der Waals surface area contributed by atoms with E-state index in [2.05, 4.69) is 0 Å². The topological polar surface area (TPSA) is 69.7 Å². The van der Waals surface area contributed by atoms with Crippen molar-refractivity contribution in [2.45, 2.75) is 20.3 Å². The Hall–Kier alpha value is -2.24. The minimum absolute atomic E-state index is 0.0295. The lowest BCUT2D eigenvalue weighted by Gasteiger charge is -2.13. The fourth-order valence-electron chi connectivity index (χ4n) is 1.74. The van der Waals surface area contributed by atoms with Crippen LogP contribution in [0.25, 0.3) is 0 Å². The van der Waals surface area contributed by atoms with Crippen LogP contribution < -0.4 is 0 Å². The molecule has 0 N–H and O–H groups in total. The van der Waals surface area contributed by atoms with Crippen LogP contribution in [0.3, 0.4) is 0 Å². The van der Waals surface area contributed by atoms with Crippen LogP contribution in [0.15, 0.2) is 24.3 Å². The smallest absolute Gasteiger partial charge is 0.328 e. The summed E-state index contributed by atoms with van der Waals surface area (Å²) >= 11 is 0. The third-order valence-corrected chi connectivity index (χ3v) is 2.69. The van der Waals surface area contributed by atoms with Gasteiger partial charge in [0.25, 0.3) is 0 Å². The summed E-state index contributed by atoms with van der Waals surface area (Å²) in [4.78, 5) is 35.6. The number of benzene rings is 1. The Bertz CT molecular complexity index is 509. The molecule has 0 saturated carbocycles. The molecule has 114 valence electrons. The maximum absolute atomic E-state index is 13.5. The van der Waals surface area contributed by atoms with Gasteiger partial charge in [-0.05, 0) is 25.5 Å². The summed E-state index contributed by atoms with van der Waals surface area (Å²) in [6.45, 7) is 3.17. The number of rotatable bonds is 7. The van der Waals surface area contributed by atoms with E-state index in [1.54, 1.807) is 19.9 Å². The van der Waals surface area contributed by atoms with E-state index in [4.69, 9.17) is 9.47 Å². The van der Waals surface area contributed by atoms with Gasteiger partial charge in [0.1, 0.15) is 5.82 Å². The average Bonchev–Trinajstić information content (AvgIpc) is 2.42. The molecule has 0 fully saturated rings. The molecule has 1 rings (SSSR count). The molecular formula is C15H17FO5. The van der Waals surface area contributed by atoms with E-state index in [1.807, 2.05) is 0 Å². The van der Waals surface area contributed by atoms with Crippen LogP contribution in [0.2, 0.25) is 0 Å². The molecule has 0 aliphatic heterocycles. The van der Waals surface area contributed by atoms with Crippen molar-refractivity contribution in [3.8, 4) is 0 Å². The number of carbonyl (C=O) groups is 3. The minimum Gasteiger partial charge on any atom is -0.465 e. The standard InChI is InChI=1S/C15H17FO5/c1-3-20-14(18)13(15(19)21-4-2)12(17)9-10-7-5-6-8-11(10)16/h5-8,13H,3-4,9H2,1-2H3. The number of Topliss-reactive ketones (excluding diaryl/α,β-unsaturated/α-hetero) is 1. The zero-order valence-corrected chi connectivity index (χ0v) is 11.9. The number of ether oxygens (including phenoxy) is 2. The van der Waals surface area contributed by atoms with E-state index >= 15 is 0 Å². The van der Waals surface area contributed by atoms with Crippen molar-refractivity contribution in [1.29, 1.82) is 0 Å². The zero-order chi connectivity index (χ0) is 15.8. The van der Waals surface area contributed by atoms with Crippen molar-refractivity contribution >= 4 is 17.7 Å². The molecule has 0 bridgehead atoms. The molecular weight excluding hydrogens is 279 g/mol. The summed E-state index contributed by atoms with van der Waals surface area (Å²) in [6, 6.07) is 5.67. The molecule has 0 aromatic heterocycles. The van der Waals surface area contributed by atoms with E-state index in [0.29, 0.717) is 0 Å². The molecule has 5 nitrogen and oxygen atoms in total. The van der Waals surface area contributed by atoms with Crippen molar-refractivity contribution in [1.82, 2.24) is 0 Å². The molecule has 0 radical (unpaired) electrons. The molecule has 0 aliphatic rings. The van der Waals surface area contributed by atoms with Gasteiger partial charge in [-0.2, -0.15) is 0 Å². The van der Waals surface area contributed by atoms with Crippen molar-refractivity contribution < 1.29 is 28.2 Å². The first kappa shape index (κ1) is 16.8. The van der Waals surface area contributed by atoms with Crippen LogP contribution in [0, 0.1) is 11.7 Å². The van der Waals surface area contributed by atoms with Crippen LogP contribution in [0.5, 0.6) is 0 Å². The summed E-state index contributed by atoms with van der Waals surface area (Å²) in [6.07, 6.45) is -0.380. The second-order valence-electron chi connectivity index (χ2n) is 4.17. The quantitative estimate of drug-likeness (QED) is 0.565. The Morgan fingerprint density at radius 1 is 1.05 bits per heavy atom. The molecule has 0 aliphatic carbocycles. The number of carbonyl (C=O) groups excluding carboxylic acids is 3. The third-order valence-electron chi connectivity index (χ3n) is 2.69. The number of esters is 2. The van der Waals surface area contributed by atoms with E-state index in [0.717, 1.165) is 0 Å². The van der Waals surface area contributed by atoms with Gasteiger partial charge in [0.15, 0.2) is 5.78 Å². The van der Waals surface area contributed by atoms with Gasteiger partial charge in [-0.15, -0.1) is 0 Å². The molecule has 6 heteroatoms. The summed E-state index contributed by atoms with van der Waals surface area (Å²) in [5.41, 5.74) is 0.112. The van der Waals surface area contributed by atoms with Crippen LogP contribution in [0.1, 0.15) is 19.4 Å². The molecule has 21 heavy (non-hydrogen) atoms. The second kappa shape index (κ2) is 8.14. The van der Waals surface area contributed by atoms with E-state index in [9.17, 15) is 18.8 Å². The molecule has 0 saturated heterocycles. The van der Waals surface area contributed by atoms with Crippen LogP contribution in [-0.4, -0.2) is 30.9 Å². The van der Waals surface area contributed by atoms with Gasteiger partial charge < -0.3 is 9.47 Å². The molecule has 0 spiro atoms. The molecule has 1 aromatic carbocycles. The van der Waals surface area contributed by atoms with Gasteiger partial charge in [0.2, 0.25) is 5.92 Å². The zero-order valence-electron chi connectivity index (χ0n) is 11.9.